The molecule has 58 valence electrons. The highest BCUT2D eigenvalue weighted by atomic mass is 16.6. The molecule has 0 radical (unpaired) electrons. The van der Waals surface area contributed by atoms with Gasteiger partial charge in [-0.25, -0.2) is 4.79 Å². The number of nitrogens with zero attached hydrogens (tertiary/aromatic N) is 1. The van der Waals surface area contributed by atoms with E-state index in [-0.39, 0.29) is 12.2 Å². The summed E-state index contributed by atoms with van der Waals surface area (Å²) in [5.41, 5.74) is 5.31. The predicted octanol–water partition coefficient (Wildman–Crippen LogP) is -0.214. The van der Waals surface area contributed by atoms with Gasteiger partial charge in [0.2, 0.25) is 0 Å². The second kappa shape index (κ2) is 2.88. The Morgan fingerprint density at radius 1 is 1.90 bits per heavy atom. The van der Waals surface area contributed by atoms with Crippen LogP contribution < -0.4 is 5.73 Å². The minimum Gasteiger partial charge on any atom is -0.443 e. The van der Waals surface area contributed by atoms with Gasteiger partial charge in [-0.15, -0.1) is 0 Å². The summed E-state index contributed by atoms with van der Waals surface area (Å²) in [6, 6.07) is 0. The highest BCUT2D eigenvalue weighted by Crippen LogP contribution is 2.08. The molecule has 0 aromatic carbocycles. The zero-order chi connectivity index (χ0) is 7.56. The zero-order valence-corrected chi connectivity index (χ0v) is 6.04. The van der Waals surface area contributed by atoms with Crippen LogP contribution in [0.5, 0.6) is 0 Å². The van der Waals surface area contributed by atoms with E-state index in [1.807, 2.05) is 6.92 Å². The number of hydrogen-bond acceptors (Lipinski definition) is 3. The van der Waals surface area contributed by atoms with Crippen molar-refractivity contribution in [3.8, 4) is 0 Å². The van der Waals surface area contributed by atoms with E-state index in [9.17, 15) is 4.79 Å². The van der Waals surface area contributed by atoms with Crippen LogP contribution in [0.3, 0.4) is 0 Å². The second-order valence-corrected chi connectivity index (χ2v) is 2.28. The number of carbonyl (C=O) groups is 1. The molecule has 10 heavy (non-hydrogen) atoms. The third-order valence-corrected chi connectivity index (χ3v) is 1.59. The van der Waals surface area contributed by atoms with E-state index in [0.717, 1.165) is 0 Å². The van der Waals surface area contributed by atoms with E-state index in [1.54, 1.807) is 4.90 Å². The van der Waals surface area contributed by atoms with E-state index < -0.39 is 0 Å². The topological polar surface area (TPSA) is 55.6 Å². The molecule has 4 heteroatoms. The Bertz CT molecular complexity index is 138. The van der Waals surface area contributed by atoms with Crippen molar-refractivity contribution >= 4 is 6.09 Å². The second-order valence-electron chi connectivity index (χ2n) is 2.28. The van der Waals surface area contributed by atoms with Crippen LogP contribution in [0.1, 0.15) is 6.92 Å². The Balaban J connectivity index is 2.44. The van der Waals surface area contributed by atoms with Crippen LogP contribution in [0.4, 0.5) is 4.79 Å². The number of amides is 1. The number of ether oxygens (including phenoxy) is 1. The van der Waals surface area contributed by atoms with Crippen LogP contribution in [0.25, 0.3) is 0 Å². The molecule has 1 amide bonds. The highest BCUT2D eigenvalue weighted by molar-refractivity contribution is 5.69. The van der Waals surface area contributed by atoms with Crippen LogP contribution in [0.2, 0.25) is 0 Å². The minimum atomic E-state index is -0.238. The Hall–Kier alpha value is -0.770. The number of nitrogens with two attached hydrogens (primary N) is 1. The number of hydrogen-bond donors (Lipinski definition) is 1. The van der Waals surface area contributed by atoms with Crippen molar-refractivity contribution in [3.63, 3.8) is 0 Å². The number of rotatable bonds is 2. The Morgan fingerprint density at radius 3 is 2.90 bits per heavy atom. The van der Waals surface area contributed by atoms with E-state index >= 15 is 0 Å². The van der Waals surface area contributed by atoms with Crippen molar-refractivity contribution in [1.82, 2.24) is 4.90 Å². The molecule has 0 bridgehead atoms. The lowest BCUT2D eigenvalue weighted by Crippen LogP contribution is -2.27. The molecule has 4 nitrogen and oxygen atoms in total. The fourth-order valence-electron chi connectivity index (χ4n) is 0.956. The van der Waals surface area contributed by atoms with Gasteiger partial charge in [-0.05, 0) is 6.92 Å². The molecule has 1 saturated heterocycles. The Kier molecular flexibility index (Phi) is 2.11. The maximum Gasteiger partial charge on any atom is 0.410 e. The van der Waals surface area contributed by atoms with Crippen molar-refractivity contribution < 1.29 is 9.53 Å². The maximum atomic E-state index is 10.8. The van der Waals surface area contributed by atoms with Crippen LogP contribution in [0.15, 0.2) is 0 Å². The van der Waals surface area contributed by atoms with Gasteiger partial charge in [0.25, 0.3) is 0 Å². The molecule has 0 aromatic rings. The number of carbonyl (C=O) groups excluding carboxylic acids is 1. The van der Waals surface area contributed by atoms with Crippen molar-refractivity contribution in [2.24, 2.45) is 5.73 Å². The summed E-state index contributed by atoms with van der Waals surface area (Å²) in [6.07, 6.45) is -0.328. The first-order valence-electron chi connectivity index (χ1n) is 3.43. The third kappa shape index (κ3) is 1.21. The largest absolute Gasteiger partial charge is 0.443 e. The average Bonchev–Trinajstić information content (AvgIpc) is 2.30. The minimum absolute atomic E-state index is 0.0903. The Labute approximate surface area is 59.9 Å². The standard InChI is InChI=1S/C6H12N2O2/c1-2-8-4-5(3-7)10-6(8)9/h5H,2-4,7H2,1H3/t5-/m0/s1. The Morgan fingerprint density at radius 2 is 2.60 bits per heavy atom. The molecule has 1 rings (SSSR count). The van der Waals surface area contributed by atoms with Crippen LogP contribution in [0, 0.1) is 0 Å². The van der Waals surface area contributed by atoms with Gasteiger partial charge in [-0.2, -0.15) is 0 Å². The first-order chi connectivity index (χ1) is 4.77. The molecule has 1 aliphatic heterocycles. The van der Waals surface area contributed by atoms with Crippen molar-refractivity contribution in [2.75, 3.05) is 19.6 Å². The van der Waals surface area contributed by atoms with Gasteiger partial charge in [0.05, 0.1) is 6.54 Å². The quantitative estimate of drug-likeness (QED) is 0.583. The van der Waals surface area contributed by atoms with Gasteiger partial charge >= 0.3 is 6.09 Å². The molecule has 0 saturated carbocycles. The number of cyclic esters (lactones) is 1. The molecular formula is C6H12N2O2. The van der Waals surface area contributed by atoms with Crippen LogP contribution in [-0.2, 0) is 4.74 Å². The van der Waals surface area contributed by atoms with E-state index in [1.165, 1.54) is 0 Å². The summed E-state index contributed by atoms with van der Waals surface area (Å²) in [4.78, 5) is 12.5. The lowest BCUT2D eigenvalue weighted by atomic mass is 10.3. The summed E-state index contributed by atoms with van der Waals surface area (Å²) in [7, 11) is 0. The van der Waals surface area contributed by atoms with Gasteiger partial charge < -0.3 is 15.4 Å². The van der Waals surface area contributed by atoms with Crippen molar-refractivity contribution in [2.45, 2.75) is 13.0 Å². The first kappa shape index (κ1) is 7.34. The molecule has 1 aliphatic rings. The van der Waals surface area contributed by atoms with Gasteiger partial charge in [0, 0.05) is 13.1 Å². The van der Waals surface area contributed by atoms with Gasteiger partial charge in [0.15, 0.2) is 0 Å². The van der Waals surface area contributed by atoms with Gasteiger partial charge in [0.1, 0.15) is 6.10 Å². The van der Waals surface area contributed by atoms with Crippen LogP contribution in [-0.4, -0.2) is 36.7 Å². The van der Waals surface area contributed by atoms with Crippen molar-refractivity contribution in [1.29, 1.82) is 0 Å². The van der Waals surface area contributed by atoms with Gasteiger partial charge in [-0.1, -0.05) is 0 Å². The molecule has 0 aliphatic carbocycles. The molecule has 1 heterocycles. The number of likely N-dealkylation sites (N-methyl/N-ethyl adjacent to an activating group) is 1. The third-order valence-electron chi connectivity index (χ3n) is 1.59. The predicted molar refractivity (Wildman–Crippen MR) is 36.6 cm³/mol. The maximum absolute atomic E-state index is 10.8. The molecule has 0 aromatic heterocycles. The molecule has 2 N–H and O–H groups in total. The summed E-state index contributed by atoms with van der Waals surface area (Å²) in [5, 5.41) is 0. The first-order valence-corrected chi connectivity index (χ1v) is 3.43. The fraction of sp³-hybridized carbons (Fsp3) is 0.833. The summed E-state index contributed by atoms with van der Waals surface area (Å²) >= 11 is 0. The lowest BCUT2D eigenvalue weighted by molar-refractivity contribution is 0.135. The molecule has 0 unspecified atom stereocenters. The average molecular weight is 144 g/mol. The summed E-state index contributed by atoms with van der Waals surface area (Å²) < 4.78 is 4.88. The highest BCUT2D eigenvalue weighted by Gasteiger charge is 2.28. The molecule has 1 atom stereocenters. The monoisotopic (exact) mass is 144 g/mol. The SMILES string of the molecule is CCN1C[C@H](CN)OC1=O. The summed E-state index contributed by atoms with van der Waals surface area (Å²) in [5.74, 6) is 0. The van der Waals surface area contributed by atoms with Crippen LogP contribution >= 0.6 is 0 Å². The lowest BCUT2D eigenvalue weighted by Gasteiger charge is -2.06. The van der Waals surface area contributed by atoms with Crippen molar-refractivity contribution in [3.05, 3.63) is 0 Å². The smallest absolute Gasteiger partial charge is 0.410 e. The van der Waals surface area contributed by atoms with E-state index in [2.05, 4.69) is 0 Å². The fourth-order valence-corrected chi connectivity index (χ4v) is 0.956. The normalized spacial score (nSPS) is 25.2. The zero-order valence-electron chi connectivity index (χ0n) is 6.04. The van der Waals surface area contributed by atoms with Gasteiger partial charge in [-0.3, -0.25) is 0 Å². The molecular weight excluding hydrogens is 132 g/mol. The molecule has 1 fully saturated rings. The van der Waals surface area contributed by atoms with E-state index in [4.69, 9.17) is 10.5 Å². The van der Waals surface area contributed by atoms with E-state index in [0.29, 0.717) is 19.6 Å². The molecule has 0 spiro atoms. The summed E-state index contributed by atoms with van der Waals surface area (Å²) in [6.45, 7) is 3.68.